The molecule has 1 aliphatic heterocycles. The standard InChI is InChI=1S/C10H19NO5/c1-2-3-4-11-6(5-12)7(13)8(14)9(15)10(11)16/h2,6-10,12-16H,1,3-5H2/t6-,7-,8+,9-,10?/m1/s1. The smallest absolute Gasteiger partial charge is 0.136 e. The third kappa shape index (κ3) is 2.42. The Labute approximate surface area is 94.1 Å². The molecular formula is C10H19NO5. The van der Waals surface area contributed by atoms with Crippen molar-refractivity contribution < 1.29 is 25.5 Å². The summed E-state index contributed by atoms with van der Waals surface area (Å²) in [5.74, 6) is 0. The highest BCUT2D eigenvalue weighted by Gasteiger charge is 2.46. The zero-order valence-corrected chi connectivity index (χ0v) is 8.98. The second-order valence-corrected chi connectivity index (χ2v) is 3.95. The van der Waals surface area contributed by atoms with Gasteiger partial charge in [0.2, 0.25) is 0 Å². The summed E-state index contributed by atoms with van der Waals surface area (Å²) in [6.07, 6.45) is -3.30. The predicted molar refractivity (Wildman–Crippen MR) is 56.4 cm³/mol. The summed E-state index contributed by atoms with van der Waals surface area (Å²) < 4.78 is 0. The molecule has 0 spiro atoms. The van der Waals surface area contributed by atoms with Crippen molar-refractivity contribution in [2.24, 2.45) is 0 Å². The summed E-state index contributed by atoms with van der Waals surface area (Å²) >= 11 is 0. The van der Waals surface area contributed by atoms with E-state index in [0.717, 1.165) is 0 Å². The number of nitrogens with zero attached hydrogens (tertiary/aromatic N) is 1. The second kappa shape index (κ2) is 5.72. The number of hydrogen-bond donors (Lipinski definition) is 5. The number of aliphatic hydroxyl groups excluding tert-OH is 5. The van der Waals surface area contributed by atoms with Gasteiger partial charge in [-0.05, 0) is 6.42 Å². The maximum absolute atomic E-state index is 9.71. The molecule has 1 unspecified atom stereocenters. The minimum atomic E-state index is -1.45. The van der Waals surface area contributed by atoms with Crippen LogP contribution in [0.15, 0.2) is 12.7 Å². The summed E-state index contributed by atoms with van der Waals surface area (Å²) in [5.41, 5.74) is 0. The van der Waals surface area contributed by atoms with E-state index in [1.807, 2.05) is 0 Å². The molecule has 0 aliphatic carbocycles. The summed E-state index contributed by atoms with van der Waals surface area (Å²) in [4.78, 5) is 1.36. The van der Waals surface area contributed by atoms with Gasteiger partial charge < -0.3 is 25.5 Å². The number of hydrogen-bond acceptors (Lipinski definition) is 6. The van der Waals surface area contributed by atoms with Gasteiger partial charge in [-0.2, -0.15) is 0 Å². The Morgan fingerprint density at radius 1 is 1.06 bits per heavy atom. The lowest BCUT2D eigenvalue weighted by Crippen LogP contribution is -2.67. The second-order valence-electron chi connectivity index (χ2n) is 3.95. The first-order chi connectivity index (χ1) is 7.54. The lowest BCUT2D eigenvalue weighted by atomic mass is 9.92. The zero-order chi connectivity index (χ0) is 12.3. The van der Waals surface area contributed by atoms with Gasteiger partial charge in [0.15, 0.2) is 0 Å². The van der Waals surface area contributed by atoms with Gasteiger partial charge in [-0.15, -0.1) is 6.58 Å². The van der Waals surface area contributed by atoms with Gasteiger partial charge in [0, 0.05) is 6.54 Å². The fourth-order valence-electron chi connectivity index (χ4n) is 1.95. The van der Waals surface area contributed by atoms with Gasteiger partial charge in [0.25, 0.3) is 0 Å². The fraction of sp³-hybridized carbons (Fsp3) is 0.800. The number of aliphatic hydroxyl groups is 5. The van der Waals surface area contributed by atoms with Crippen molar-refractivity contribution in [3.63, 3.8) is 0 Å². The Kier molecular flexibility index (Phi) is 4.85. The van der Waals surface area contributed by atoms with Crippen molar-refractivity contribution in [3.05, 3.63) is 12.7 Å². The van der Waals surface area contributed by atoms with Crippen molar-refractivity contribution in [1.82, 2.24) is 4.90 Å². The van der Waals surface area contributed by atoms with E-state index in [0.29, 0.717) is 13.0 Å². The van der Waals surface area contributed by atoms with Crippen molar-refractivity contribution >= 4 is 0 Å². The molecule has 1 heterocycles. The first-order valence-electron chi connectivity index (χ1n) is 5.24. The molecule has 0 aromatic heterocycles. The predicted octanol–water partition coefficient (Wildman–Crippen LogP) is -2.36. The molecule has 6 heteroatoms. The summed E-state index contributed by atoms with van der Waals surface area (Å²) in [7, 11) is 0. The van der Waals surface area contributed by atoms with E-state index in [-0.39, 0.29) is 0 Å². The highest BCUT2D eigenvalue weighted by atomic mass is 16.4. The van der Waals surface area contributed by atoms with E-state index in [1.165, 1.54) is 4.90 Å². The van der Waals surface area contributed by atoms with Crippen LogP contribution in [0, 0.1) is 0 Å². The average Bonchev–Trinajstić information content (AvgIpc) is 2.29. The topological polar surface area (TPSA) is 104 Å². The molecule has 0 radical (unpaired) electrons. The van der Waals surface area contributed by atoms with Crippen molar-refractivity contribution in [2.75, 3.05) is 13.2 Å². The minimum Gasteiger partial charge on any atom is -0.395 e. The monoisotopic (exact) mass is 233 g/mol. The van der Waals surface area contributed by atoms with Crippen LogP contribution in [0.4, 0.5) is 0 Å². The van der Waals surface area contributed by atoms with Crippen LogP contribution < -0.4 is 0 Å². The molecule has 1 rings (SSSR count). The van der Waals surface area contributed by atoms with Crippen LogP contribution in [0.5, 0.6) is 0 Å². The zero-order valence-electron chi connectivity index (χ0n) is 8.98. The quantitative estimate of drug-likeness (QED) is 0.348. The van der Waals surface area contributed by atoms with Crippen molar-refractivity contribution in [2.45, 2.75) is 37.0 Å². The SMILES string of the molecule is C=CCCN1C(O)[C@H](O)[C@@H](O)[C@H](O)[C@H]1CO. The van der Waals surface area contributed by atoms with E-state index < -0.39 is 37.2 Å². The van der Waals surface area contributed by atoms with Crippen molar-refractivity contribution in [1.29, 1.82) is 0 Å². The highest BCUT2D eigenvalue weighted by Crippen LogP contribution is 2.23. The molecule has 0 aromatic carbocycles. The molecule has 16 heavy (non-hydrogen) atoms. The Morgan fingerprint density at radius 2 is 1.69 bits per heavy atom. The molecule has 0 bridgehead atoms. The molecular weight excluding hydrogens is 214 g/mol. The van der Waals surface area contributed by atoms with E-state index in [9.17, 15) is 20.4 Å². The summed E-state index contributed by atoms with van der Waals surface area (Å²) in [5, 5.41) is 47.4. The lowest BCUT2D eigenvalue weighted by Gasteiger charge is -2.46. The van der Waals surface area contributed by atoms with Crippen LogP contribution >= 0.6 is 0 Å². The normalized spacial score (nSPS) is 40.9. The maximum Gasteiger partial charge on any atom is 0.136 e. The fourth-order valence-corrected chi connectivity index (χ4v) is 1.95. The van der Waals surface area contributed by atoms with E-state index in [1.54, 1.807) is 6.08 Å². The Balaban J connectivity index is 2.80. The first kappa shape index (κ1) is 13.6. The van der Waals surface area contributed by atoms with Gasteiger partial charge in [0.1, 0.15) is 24.5 Å². The average molecular weight is 233 g/mol. The van der Waals surface area contributed by atoms with Crippen LogP contribution in [-0.2, 0) is 0 Å². The molecule has 0 saturated carbocycles. The third-order valence-electron chi connectivity index (χ3n) is 2.94. The first-order valence-corrected chi connectivity index (χ1v) is 5.24. The Bertz CT molecular complexity index is 237. The van der Waals surface area contributed by atoms with Crippen LogP contribution in [0.25, 0.3) is 0 Å². The lowest BCUT2D eigenvalue weighted by molar-refractivity contribution is -0.222. The molecule has 1 saturated heterocycles. The van der Waals surface area contributed by atoms with E-state index in [2.05, 4.69) is 6.58 Å². The van der Waals surface area contributed by atoms with Crippen LogP contribution in [-0.4, -0.2) is 74.2 Å². The van der Waals surface area contributed by atoms with Gasteiger partial charge in [0.05, 0.1) is 12.6 Å². The van der Waals surface area contributed by atoms with Gasteiger partial charge >= 0.3 is 0 Å². The maximum atomic E-state index is 9.71. The molecule has 1 aliphatic rings. The Hall–Kier alpha value is -0.500. The van der Waals surface area contributed by atoms with Gasteiger partial charge in [-0.25, -0.2) is 0 Å². The number of rotatable bonds is 4. The molecule has 6 nitrogen and oxygen atoms in total. The highest BCUT2D eigenvalue weighted by molar-refractivity contribution is 4.96. The molecule has 1 fully saturated rings. The molecule has 5 atom stereocenters. The summed E-state index contributed by atoms with van der Waals surface area (Å²) in [6, 6.07) is -0.784. The van der Waals surface area contributed by atoms with Crippen LogP contribution in [0.2, 0.25) is 0 Å². The molecule has 94 valence electrons. The van der Waals surface area contributed by atoms with Crippen LogP contribution in [0.3, 0.4) is 0 Å². The van der Waals surface area contributed by atoms with Crippen LogP contribution in [0.1, 0.15) is 6.42 Å². The van der Waals surface area contributed by atoms with E-state index >= 15 is 0 Å². The molecule has 0 aromatic rings. The molecule has 0 amide bonds. The largest absolute Gasteiger partial charge is 0.395 e. The number of piperidine rings is 1. The van der Waals surface area contributed by atoms with E-state index in [4.69, 9.17) is 5.11 Å². The van der Waals surface area contributed by atoms with Gasteiger partial charge in [-0.1, -0.05) is 6.08 Å². The Morgan fingerprint density at radius 3 is 2.19 bits per heavy atom. The van der Waals surface area contributed by atoms with Crippen molar-refractivity contribution in [3.8, 4) is 0 Å². The number of likely N-dealkylation sites (tertiary alicyclic amines) is 1. The minimum absolute atomic E-state index is 0.344. The summed E-state index contributed by atoms with van der Waals surface area (Å²) in [6.45, 7) is 3.47. The third-order valence-corrected chi connectivity index (χ3v) is 2.94. The molecule has 5 N–H and O–H groups in total. The van der Waals surface area contributed by atoms with Gasteiger partial charge in [-0.3, -0.25) is 4.90 Å².